The van der Waals surface area contributed by atoms with Crippen molar-refractivity contribution in [1.29, 1.82) is 0 Å². The van der Waals surface area contributed by atoms with E-state index in [1.165, 1.54) is 11.3 Å². The highest BCUT2D eigenvalue weighted by Gasteiger charge is 2.27. The van der Waals surface area contributed by atoms with Crippen molar-refractivity contribution in [2.75, 3.05) is 45.2 Å². The first-order valence-corrected chi connectivity index (χ1v) is 14.4. The Hall–Kier alpha value is -2.04. The number of fused-ring (bicyclic) bond motifs is 1. The number of hydrogen-bond acceptors (Lipinski definition) is 6. The van der Waals surface area contributed by atoms with Crippen LogP contribution in [0, 0.1) is 6.92 Å². The van der Waals surface area contributed by atoms with E-state index in [4.69, 9.17) is 16.6 Å². The Labute approximate surface area is 216 Å². The number of nitrogens with zero attached hydrogens (tertiary/aromatic N) is 4. The van der Waals surface area contributed by atoms with Crippen LogP contribution in [-0.2, 0) is 10.0 Å². The smallest absolute Gasteiger partial charge is 0.260 e. The molecule has 1 amide bonds. The minimum atomic E-state index is -3.57. The second-order valence-corrected chi connectivity index (χ2v) is 12.6. The van der Waals surface area contributed by atoms with Gasteiger partial charge in [0.25, 0.3) is 5.91 Å². The van der Waals surface area contributed by atoms with E-state index in [0.29, 0.717) is 41.9 Å². The minimum Gasteiger partial charge on any atom is -0.308 e. The predicted molar refractivity (Wildman–Crippen MR) is 143 cm³/mol. The summed E-state index contributed by atoms with van der Waals surface area (Å²) in [6.45, 7) is 4.15. The fraction of sp³-hybridized carbons (Fsp3) is 0.440. The molecule has 35 heavy (non-hydrogen) atoms. The van der Waals surface area contributed by atoms with Gasteiger partial charge in [-0.3, -0.25) is 9.69 Å². The zero-order valence-electron chi connectivity index (χ0n) is 20.3. The lowest BCUT2D eigenvalue weighted by molar-refractivity contribution is 0.0985. The average molecular weight is 535 g/mol. The van der Waals surface area contributed by atoms with Crippen molar-refractivity contribution < 1.29 is 13.2 Å². The Kier molecular flexibility index (Phi) is 8.12. The number of aromatic nitrogens is 1. The summed E-state index contributed by atoms with van der Waals surface area (Å²) in [6, 6.07) is 10.0. The zero-order valence-corrected chi connectivity index (χ0v) is 22.7. The molecule has 4 rings (SSSR count). The van der Waals surface area contributed by atoms with Gasteiger partial charge in [0, 0.05) is 36.8 Å². The van der Waals surface area contributed by atoms with Gasteiger partial charge in [-0.25, -0.2) is 13.4 Å². The topological polar surface area (TPSA) is 73.8 Å². The van der Waals surface area contributed by atoms with Gasteiger partial charge in [0.15, 0.2) is 5.13 Å². The number of amides is 1. The van der Waals surface area contributed by atoms with Gasteiger partial charge < -0.3 is 4.90 Å². The van der Waals surface area contributed by atoms with Crippen LogP contribution in [0.2, 0.25) is 5.02 Å². The van der Waals surface area contributed by atoms with E-state index >= 15 is 0 Å². The molecule has 2 heterocycles. The van der Waals surface area contributed by atoms with Crippen molar-refractivity contribution in [3.8, 4) is 0 Å². The molecule has 7 nitrogen and oxygen atoms in total. The summed E-state index contributed by atoms with van der Waals surface area (Å²) in [6.07, 6.45) is 3.87. The largest absolute Gasteiger partial charge is 0.308 e. The Morgan fingerprint density at radius 3 is 2.34 bits per heavy atom. The number of likely N-dealkylation sites (N-methyl/N-ethyl adjacent to an activating group) is 1. The van der Waals surface area contributed by atoms with Crippen LogP contribution in [-0.4, -0.2) is 68.8 Å². The summed E-state index contributed by atoms with van der Waals surface area (Å²) in [5, 5.41) is 1.23. The number of thiazole rings is 1. The van der Waals surface area contributed by atoms with E-state index in [0.717, 1.165) is 41.5 Å². The van der Waals surface area contributed by atoms with Crippen molar-refractivity contribution in [2.45, 2.75) is 37.5 Å². The Morgan fingerprint density at radius 1 is 1.06 bits per heavy atom. The first kappa shape index (κ1) is 26.0. The summed E-state index contributed by atoms with van der Waals surface area (Å²) < 4.78 is 28.7. The highest BCUT2D eigenvalue weighted by Crippen LogP contribution is 2.33. The van der Waals surface area contributed by atoms with Crippen molar-refractivity contribution in [3.05, 3.63) is 52.5 Å². The van der Waals surface area contributed by atoms with E-state index in [1.54, 1.807) is 33.5 Å². The third kappa shape index (κ3) is 5.86. The first-order valence-electron chi connectivity index (χ1n) is 11.8. The number of sulfonamides is 1. The van der Waals surface area contributed by atoms with E-state index < -0.39 is 10.0 Å². The quantitative estimate of drug-likeness (QED) is 0.425. The first-order chi connectivity index (χ1) is 16.7. The lowest BCUT2D eigenvalue weighted by Crippen LogP contribution is -2.36. The lowest BCUT2D eigenvalue weighted by Gasteiger charge is -2.22. The number of carbonyl (C=O) groups excluding carboxylic acids is 1. The standard InChI is InChI=1S/C25H31ClN4O3S2/c1-18-16-20(26)17-22-23(18)27-25(34-22)30(15-14-28(2)3)24(31)19-8-10-21(11-9-19)35(32,33)29-12-6-4-5-7-13-29/h8-11,16-17H,4-7,12-15H2,1-3H3. The van der Waals surface area contributed by atoms with Gasteiger partial charge in [-0.15, -0.1) is 0 Å². The summed E-state index contributed by atoms with van der Waals surface area (Å²) in [5.74, 6) is -0.214. The SMILES string of the molecule is Cc1cc(Cl)cc2sc(N(CCN(C)C)C(=O)c3ccc(S(=O)(=O)N4CCCCCC4)cc3)nc12. The fourth-order valence-corrected chi connectivity index (χ4v) is 7.16. The van der Waals surface area contributed by atoms with Crippen LogP contribution in [0.15, 0.2) is 41.3 Å². The number of carbonyl (C=O) groups is 1. The van der Waals surface area contributed by atoms with Gasteiger partial charge in [-0.05, 0) is 75.8 Å². The van der Waals surface area contributed by atoms with E-state index in [2.05, 4.69) is 0 Å². The van der Waals surface area contributed by atoms with Crippen molar-refractivity contribution in [3.63, 3.8) is 0 Å². The van der Waals surface area contributed by atoms with E-state index in [9.17, 15) is 13.2 Å². The van der Waals surface area contributed by atoms with Crippen molar-refractivity contribution in [2.24, 2.45) is 0 Å². The molecule has 1 aliphatic rings. The number of anilines is 1. The van der Waals surface area contributed by atoms with Crippen LogP contribution in [0.4, 0.5) is 5.13 Å². The molecule has 1 saturated heterocycles. The molecule has 3 aromatic rings. The van der Waals surface area contributed by atoms with E-state index in [1.807, 2.05) is 38.1 Å². The summed E-state index contributed by atoms with van der Waals surface area (Å²) in [4.78, 5) is 22.2. The Balaban J connectivity index is 1.63. The molecule has 1 aromatic heterocycles. The lowest BCUT2D eigenvalue weighted by atomic mass is 10.2. The Bertz CT molecular complexity index is 1300. The fourth-order valence-electron chi connectivity index (χ4n) is 4.20. The van der Waals surface area contributed by atoms with Crippen molar-refractivity contribution >= 4 is 54.2 Å². The van der Waals surface area contributed by atoms with Crippen LogP contribution in [0.5, 0.6) is 0 Å². The second kappa shape index (κ2) is 10.9. The van der Waals surface area contributed by atoms with Gasteiger partial charge in [0.05, 0.1) is 15.1 Å². The van der Waals surface area contributed by atoms with Gasteiger partial charge in [0.1, 0.15) is 0 Å². The third-order valence-electron chi connectivity index (χ3n) is 6.19. The van der Waals surface area contributed by atoms with E-state index in [-0.39, 0.29) is 10.8 Å². The molecular weight excluding hydrogens is 504 g/mol. The maximum atomic E-state index is 13.6. The second-order valence-electron chi connectivity index (χ2n) is 9.17. The molecule has 2 aromatic carbocycles. The number of halogens is 1. The normalized spacial score (nSPS) is 15.5. The highest BCUT2D eigenvalue weighted by molar-refractivity contribution is 7.89. The molecule has 1 fully saturated rings. The van der Waals surface area contributed by atoms with Crippen LogP contribution in [0.3, 0.4) is 0 Å². The molecule has 0 unspecified atom stereocenters. The molecule has 0 bridgehead atoms. The summed E-state index contributed by atoms with van der Waals surface area (Å²) in [5.41, 5.74) is 2.21. The van der Waals surface area contributed by atoms with Crippen LogP contribution in [0.1, 0.15) is 41.6 Å². The van der Waals surface area contributed by atoms with Gasteiger partial charge in [-0.1, -0.05) is 35.8 Å². The molecule has 0 aliphatic carbocycles. The molecule has 0 N–H and O–H groups in total. The monoisotopic (exact) mass is 534 g/mol. The number of aryl methyl sites for hydroxylation is 1. The number of rotatable bonds is 7. The zero-order chi connectivity index (χ0) is 25.2. The maximum Gasteiger partial charge on any atom is 0.260 e. The Morgan fingerprint density at radius 2 is 1.71 bits per heavy atom. The molecule has 0 atom stereocenters. The minimum absolute atomic E-state index is 0.214. The average Bonchev–Trinajstić information content (AvgIpc) is 3.04. The molecule has 188 valence electrons. The van der Waals surface area contributed by atoms with Gasteiger partial charge >= 0.3 is 0 Å². The molecular formula is C25H31ClN4O3S2. The molecule has 1 aliphatic heterocycles. The maximum absolute atomic E-state index is 13.6. The summed E-state index contributed by atoms with van der Waals surface area (Å²) in [7, 11) is 0.335. The molecule has 0 radical (unpaired) electrons. The highest BCUT2D eigenvalue weighted by atomic mass is 35.5. The number of hydrogen-bond donors (Lipinski definition) is 0. The summed E-state index contributed by atoms with van der Waals surface area (Å²) >= 11 is 7.65. The third-order valence-corrected chi connectivity index (χ3v) is 9.35. The predicted octanol–water partition coefficient (Wildman–Crippen LogP) is 5.03. The van der Waals surface area contributed by atoms with Crippen LogP contribution >= 0.6 is 22.9 Å². The van der Waals surface area contributed by atoms with Gasteiger partial charge in [0.2, 0.25) is 10.0 Å². The molecule has 10 heteroatoms. The van der Waals surface area contributed by atoms with Crippen LogP contribution in [0.25, 0.3) is 10.2 Å². The van der Waals surface area contributed by atoms with Crippen molar-refractivity contribution in [1.82, 2.24) is 14.2 Å². The molecule has 0 saturated carbocycles. The number of benzene rings is 2. The van der Waals surface area contributed by atoms with Crippen LogP contribution < -0.4 is 4.90 Å². The van der Waals surface area contributed by atoms with Gasteiger partial charge in [-0.2, -0.15) is 4.31 Å². The molecule has 0 spiro atoms.